The second-order valence-corrected chi connectivity index (χ2v) is 9.32. The van der Waals surface area contributed by atoms with Crippen LogP contribution in [0.25, 0.3) is 11.6 Å². The van der Waals surface area contributed by atoms with Crippen molar-refractivity contribution in [1.29, 1.82) is 0 Å². The van der Waals surface area contributed by atoms with Crippen LogP contribution in [0.15, 0.2) is 42.5 Å². The molecule has 2 N–H and O–H groups in total. The zero-order valence-electron chi connectivity index (χ0n) is 18.7. The van der Waals surface area contributed by atoms with Gasteiger partial charge < -0.3 is 14.9 Å². The molecule has 3 aliphatic rings. The lowest BCUT2D eigenvalue weighted by Gasteiger charge is -2.26. The average Bonchev–Trinajstić information content (AvgIpc) is 2.84. The minimum absolute atomic E-state index is 0.0179. The first-order chi connectivity index (χ1) is 16.5. The van der Waals surface area contributed by atoms with E-state index in [9.17, 15) is 19.8 Å². The van der Waals surface area contributed by atoms with E-state index < -0.39 is 11.9 Å². The van der Waals surface area contributed by atoms with Crippen molar-refractivity contribution < 1.29 is 24.5 Å². The minimum Gasteiger partial charge on any atom is -0.478 e. The summed E-state index contributed by atoms with van der Waals surface area (Å²) in [4.78, 5) is 23.8. The predicted molar refractivity (Wildman–Crippen MR) is 128 cm³/mol. The van der Waals surface area contributed by atoms with Gasteiger partial charge >= 0.3 is 11.9 Å². The van der Waals surface area contributed by atoms with Crippen molar-refractivity contribution in [3.05, 3.63) is 91.8 Å². The van der Waals surface area contributed by atoms with E-state index >= 15 is 0 Å². The Morgan fingerprint density at radius 1 is 0.735 bits per heavy atom. The summed E-state index contributed by atoms with van der Waals surface area (Å²) < 4.78 is 6.44. The third-order valence-electron chi connectivity index (χ3n) is 7.22. The highest BCUT2D eigenvalue weighted by atomic mass is 16.5. The molecule has 3 aromatic rings. The Morgan fingerprint density at radius 2 is 1.50 bits per heavy atom. The van der Waals surface area contributed by atoms with Gasteiger partial charge in [0.05, 0.1) is 11.1 Å². The molecule has 0 aromatic heterocycles. The summed E-state index contributed by atoms with van der Waals surface area (Å²) in [5.74, 6) is -0.846. The molecule has 6 rings (SSSR count). The van der Waals surface area contributed by atoms with Crippen molar-refractivity contribution in [2.24, 2.45) is 0 Å². The number of hydrogen-bond donors (Lipinski definition) is 2. The smallest absolute Gasteiger partial charge is 0.336 e. The number of benzene rings is 3. The maximum Gasteiger partial charge on any atom is 0.336 e. The first-order valence-electron chi connectivity index (χ1n) is 11.8. The summed E-state index contributed by atoms with van der Waals surface area (Å²) in [5.41, 5.74) is 5.92. The number of aryl methyl sites for hydroxylation is 3. The Balaban J connectivity index is 1.72. The van der Waals surface area contributed by atoms with E-state index in [1.165, 1.54) is 34.0 Å². The Morgan fingerprint density at radius 3 is 2.26 bits per heavy atom. The molecule has 1 heterocycles. The minimum atomic E-state index is -1.15. The van der Waals surface area contributed by atoms with Crippen molar-refractivity contribution in [2.45, 2.75) is 44.9 Å². The lowest BCUT2D eigenvalue weighted by molar-refractivity contribution is 0.0695. The van der Waals surface area contributed by atoms with Crippen LogP contribution in [-0.2, 0) is 19.3 Å². The number of ether oxygens (including phenoxy) is 1. The van der Waals surface area contributed by atoms with Gasteiger partial charge in [0.1, 0.15) is 11.5 Å². The molecule has 0 saturated heterocycles. The fourth-order valence-corrected chi connectivity index (χ4v) is 5.55. The fourth-order valence-electron chi connectivity index (χ4n) is 5.55. The van der Waals surface area contributed by atoms with E-state index in [0.29, 0.717) is 11.3 Å². The number of carboxylic acid groups (broad SMARTS) is 2. The van der Waals surface area contributed by atoms with E-state index in [1.54, 1.807) is 6.07 Å². The zero-order chi connectivity index (χ0) is 23.4. The molecule has 34 heavy (non-hydrogen) atoms. The van der Waals surface area contributed by atoms with Crippen molar-refractivity contribution >= 4 is 23.6 Å². The van der Waals surface area contributed by atoms with Gasteiger partial charge in [-0.3, -0.25) is 0 Å². The van der Waals surface area contributed by atoms with Crippen LogP contribution < -0.4 is 15.2 Å². The van der Waals surface area contributed by atoms with E-state index in [2.05, 4.69) is 30.3 Å². The lowest BCUT2D eigenvalue weighted by atomic mass is 9.83. The summed E-state index contributed by atoms with van der Waals surface area (Å²) in [6.45, 7) is 0. The molecular formula is C29H24O5. The number of carboxylic acids is 2. The van der Waals surface area contributed by atoms with Gasteiger partial charge in [0.15, 0.2) is 0 Å². The van der Waals surface area contributed by atoms with Crippen LogP contribution >= 0.6 is 0 Å². The number of rotatable bonds is 3. The number of carbonyl (C=O) groups is 2. The second-order valence-electron chi connectivity index (χ2n) is 9.32. The third kappa shape index (κ3) is 3.31. The van der Waals surface area contributed by atoms with E-state index in [1.807, 2.05) is 0 Å². The molecule has 2 aliphatic carbocycles. The van der Waals surface area contributed by atoms with Gasteiger partial charge in [-0.15, -0.1) is 0 Å². The van der Waals surface area contributed by atoms with Crippen LogP contribution in [0.4, 0.5) is 0 Å². The van der Waals surface area contributed by atoms with Crippen LogP contribution in [0, 0.1) is 0 Å². The largest absolute Gasteiger partial charge is 0.478 e. The van der Waals surface area contributed by atoms with Crippen LogP contribution in [0.3, 0.4) is 0 Å². The number of hydrogen-bond acceptors (Lipinski definition) is 3. The summed E-state index contributed by atoms with van der Waals surface area (Å²) >= 11 is 0. The second kappa shape index (κ2) is 7.87. The Labute approximate surface area is 196 Å². The molecule has 170 valence electrons. The van der Waals surface area contributed by atoms with Gasteiger partial charge in [0, 0.05) is 16.4 Å². The summed E-state index contributed by atoms with van der Waals surface area (Å²) in [6, 6.07) is 12.8. The SMILES string of the molecule is O=C(O)c1ccc(C2=c3cc4c(cc3Oc3cc5c(cc32)CCCC5)=CCCC4)c(C(=O)O)c1. The first kappa shape index (κ1) is 20.7. The predicted octanol–water partition coefficient (Wildman–Crippen LogP) is 4.43. The lowest BCUT2D eigenvalue weighted by Crippen LogP contribution is -2.25. The van der Waals surface area contributed by atoms with Gasteiger partial charge in [0.2, 0.25) is 0 Å². The van der Waals surface area contributed by atoms with Crippen LogP contribution in [-0.4, -0.2) is 22.2 Å². The molecule has 3 aromatic carbocycles. The topological polar surface area (TPSA) is 83.8 Å². The molecule has 5 nitrogen and oxygen atoms in total. The third-order valence-corrected chi connectivity index (χ3v) is 7.22. The maximum atomic E-state index is 12.3. The molecule has 1 aliphatic heterocycles. The van der Waals surface area contributed by atoms with Crippen molar-refractivity contribution in [1.82, 2.24) is 0 Å². The van der Waals surface area contributed by atoms with E-state index in [-0.39, 0.29) is 11.1 Å². The highest BCUT2D eigenvalue weighted by molar-refractivity contribution is 6.01. The van der Waals surface area contributed by atoms with Crippen molar-refractivity contribution in [3.8, 4) is 11.5 Å². The van der Waals surface area contributed by atoms with Gasteiger partial charge in [0.25, 0.3) is 0 Å². The van der Waals surface area contributed by atoms with Crippen molar-refractivity contribution in [2.75, 3.05) is 0 Å². The van der Waals surface area contributed by atoms with E-state index in [4.69, 9.17) is 4.74 Å². The quantitative estimate of drug-likeness (QED) is 0.480. The molecule has 5 heteroatoms. The molecule has 0 saturated carbocycles. The number of aromatic carboxylic acids is 2. The summed E-state index contributed by atoms with van der Waals surface area (Å²) in [7, 11) is 0. The van der Waals surface area contributed by atoms with Crippen LogP contribution in [0.5, 0.6) is 11.5 Å². The van der Waals surface area contributed by atoms with Gasteiger partial charge in [-0.1, -0.05) is 12.1 Å². The Hall–Kier alpha value is -3.86. The van der Waals surface area contributed by atoms with Gasteiger partial charge in [-0.05, 0) is 109 Å². The number of fused-ring (bicyclic) bond motifs is 4. The first-order valence-corrected chi connectivity index (χ1v) is 11.8. The van der Waals surface area contributed by atoms with E-state index in [0.717, 1.165) is 67.1 Å². The van der Waals surface area contributed by atoms with Crippen LogP contribution in [0.2, 0.25) is 0 Å². The molecular weight excluding hydrogens is 428 g/mol. The highest BCUT2D eigenvalue weighted by Gasteiger charge is 2.27. The van der Waals surface area contributed by atoms with Crippen molar-refractivity contribution in [3.63, 3.8) is 0 Å². The van der Waals surface area contributed by atoms with Gasteiger partial charge in [-0.2, -0.15) is 0 Å². The molecule has 0 fully saturated rings. The standard InChI is InChI=1S/C29H24O5/c30-28(31)20-9-10-21(22(13-20)29(32)33)27-23-11-16-5-1-3-7-18(16)14-25(23)34-26-15-19-8-4-2-6-17(19)12-24(26)27/h7,9-15H,1-6,8H2,(H,30,31)(H,32,33). The zero-order valence-corrected chi connectivity index (χ0v) is 18.7. The monoisotopic (exact) mass is 452 g/mol. The highest BCUT2D eigenvalue weighted by Crippen LogP contribution is 2.40. The van der Waals surface area contributed by atoms with Gasteiger partial charge in [-0.25, -0.2) is 9.59 Å². The Bertz CT molecular complexity index is 1510. The van der Waals surface area contributed by atoms with Crippen LogP contribution in [0.1, 0.15) is 74.2 Å². The molecule has 0 amide bonds. The Kier molecular flexibility index (Phi) is 4.80. The summed E-state index contributed by atoms with van der Waals surface area (Å²) in [6.07, 6.45) is 9.61. The summed E-state index contributed by atoms with van der Waals surface area (Å²) in [5, 5.41) is 21.5. The molecule has 0 radical (unpaired) electrons. The molecule has 0 atom stereocenters. The average molecular weight is 453 g/mol. The molecule has 0 unspecified atom stereocenters. The molecule has 0 spiro atoms. The normalized spacial score (nSPS) is 15.7. The maximum absolute atomic E-state index is 12.3. The molecule has 0 bridgehead atoms. The fraction of sp³-hybridized carbons (Fsp3) is 0.241.